The van der Waals surface area contributed by atoms with E-state index in [-0.39, 0.29) is 5.69 Å². The second-order valence-corrected chi connectivity index (χ2v) is 4.46. The van der Waals surface area contributed by atoms with Crippen LogP contribution in [0.5, 0.6) is 0 Å². The Labute approximate surface area is 117 Å². The lowest BCUT2D eigenvalue weighted by atomic mass is 10.2. The summed E-state index contributed by atoms with van der Waals surface area (Å²) in [6.45, 7) is 3.05. The summed E-state index contributed by atoms with van der Waals surface area (Å²) >= 11 is 0. The van der Waals surface area contributed by atoms with Crippen molar-refractivity contribution in [2.24, 2.45) is 0 Å². The zero-order valence-electron chi connectivity index (χ0n) is 11.7. The molecule has 0 N–H and O–H groups in total. The maximum Gasteiger partial charge on any atom is 0.356 e. The van der Waals surface area contributed by atoms with Gasteiger partial charge < -0.3 is 4.74 Å². The predicted molar refractivity (Wildman–Crippen MR) is 74.1 cm³/mol. The van der Waals surface area contributed by atoms with Gasteiger partial charge >= 0.3 is 5.97 Å². The van der Waals surface area contributed by atoms with Gasteiger partial charge in [0.25, 0.3) is 0 Å². The highest BCUT2D eigenvalue weighted by Gasteiger charge is 2.11. The Morgan fingerprint density at radius 3 is 3.00 bits per heavy atom. The largest absolute Gasteiger partial charge is 0.464 e. The first-order valence-electron chi connectivity index (χ1n) is 6.68. The minimum absolute atomic E-state index is 0.247. The molecular weight excluding hydrogens is 256 g/mol. The Balaban J connectivity index is 2.13. The molecule has 6 nitrogen and oxygen atoms in total. The molecule has 2 rings (SSSR count). The van der Waals surface area contributed by atoms with Gasteiger partial charge in [0.15, 0.2) is 11.5 Å². The van der Waals surface area contributed by atoms with Gasteiger partial charge in [-0.3, -0.25) is 4.68 Å². The van der Waals surface area contributed by atoms with Gasteiger partial charge in [-0.25, -0.2) is 14.8 Å². The number of methoxy groups -OCH3 is 1. The molecule has 2 aromatic rings. The van der Waals surface area contributed by atoms with Crippen molar-refractivity contribution in [3.63, 3.8) is 0 Å². The summed E-state index contributed by atoms with van der Waals surface area (Å²) in [6, 6.07) is 1.53. The Morgan fingerprint density at radius 2 is 2.25 bits per heavy atom. The number of aromatic nitrogens is 4. The van der Waals surface area contributed by atoms with Gasteiger partial charge in [-0.1, -0.05) is 19.8 Å². The molecule has 106 valence electrons. The van der Waals surface area contributed by atoms with Crippen molar-refractivity contribution in [1.29, 1.82) is 0 Å². The molecule has 0 aliphatic carbocycles. The molecule has 0 aliphatic rings. The average Bonchev–Trinajstić information content (AvgIpc) is 2.96. The smallest absolute Gasteiger partial charge is 0.356 e. The van der Waals surface area contributed by atoms with Gasteiger partial charge in [0, 0.05) is 18.9 Å². The van der Waals surface area contributed by atoms with E-state index in [1.807, 2.05) is 10.9 Å². The molecular formula is C14H18N4O2. The van der Waals surface area contributed by atoms with Crippen LogP contribution in [0.15, 0.2) is 24.7 Å². The molecule has 0 aliphatic heterocycles. The highest BCUT2D eigenvalue weighted by Crippen LogP contribution is 2.14. The number of carbonyl (C=O) groups is 1. The maximum absolute atomic E-state index is 11.4. The van der Waals surface area contributed by atoms with Crippen LogP contribution >= 0.6 is 0 Å². The van der Waals surface area contributed by atoms with Crippen molar-refractivity contribution in [3.05, 3.63) is 30.4 Å². The van der Waals surface area contributed by atoms with E-state index in [0.717, 1.165) is 18.5 Å². The highest BCUT2D eigenvalue weighted by atomic mass is 16.5. The quantitative estimate of drug-likeness (QED) is 0.597. The first-order valence-corrected chi connectivity index (χ1v) is 6.68. The molecule has 0 aromatic carbocycles. The van der Waals surface area contributed by atoms with E-state index in [2.05, 4.69) is 26.7 Å². The van der Waals surface area contributed by atoms with Crippen molar-refractivity contribution < 1.29 is 9.53 Å². The molecule has 0 saturated heterocycles. The fraction of sp³-hybridized carbons (Fsp3) is 0.429. The Bertz CT molecular complexity index is 580. The molecule has 0 atom stereocenters. The first kappa shape index (κ1) is 14.2. The molecule has 0 saturated carbocycles. The number of unbranched alkanes of at least 4 members (excludes halogenated alkanes) is 2. The second kappa shape index (κ2) is 6.79. The minimum atomic E-state index is -0.469. The second-order valence-electron chi connectivity index (χ2n) is 4.46. The number of hydrogen-bond donors (Lipinski definition) is 0. The highest BCUT2D eigenvalue weighted by molar-refractivity contribution is 5.87. The number of carbonyl (C=O) groups excluding carboxylic acids is 1. The number of hydrogen-bond acceptors (Lipinski definition) is 5. The van der Waals surface area contributed by atoms with Crippen LogP contribution in [0.25, 0.3) is 11.4 Å². The predicted octanol–water partition coefficient (Wildman–Crippen LogP) is 2.32. The summed E-state index contributed by atoms with van der Waals surface area (Å²) in [5, 5.41) is 4.28. The minimum Gasteiger partial charge on any atom is -0.464 e. The van der Waals surface area contributed by atoms with E-state index in [0.29, 0.717) is 5.82 Å². The molecule has 0 amide bonds. The van der Waals surface area contributed by atoms with E-state index < -0.39 is 5.97 Å². The fourth-order valence-electron chi connectivity index (χ4n) is 1.84. The Kier molecular flexibility index (Phi) is 4.81. The monoisotopic (exact) mass is 274 g/mol. The summed E-state index contributed by atoms with van der Waals surface area (Å²) < 4.78 is 6.52. The third-order valence-corrected chi connectivity index (χ3v) is 2.93. The van der Waals surface area contributed by atoms with Crippen LogP contribution < -0.4 is 0 Å². The van der Waals surface area contributed by atoms with Crippen LogP contribution in [0.3, 0.4) is 0 Å². The van der Waals surface area contributed by atoms with Gasteiger partial charge in [0.05, 0.1) is 18.9 Å². The zero-order chi connectivity index (χ0) is 14.4. The lowest BCUT2D eigenvalue weighted by Gasteiger charge is -2.00. The van der Waals surface area contributed by atoms with Crippen LogP contribution in [0, 0.1) is 0 Å². The van der Waals surface area contributed by atoms with Crippen LogP contribution in [0.4, 0.5) is 0 Å². The Hall–Kier alpha value is -2.24. The van der Waals surface area contributed by atoms with Crippen molar-refractivity contribution >= 4 is 5.97 Å². The molecule has 0 radical (unpaired) electrons. The van der Waals surface area contributed by atoms with Crippen LogP contribution in [-0.4, -0.2) is 32.8 Å². The zero-order valence-corrected chi connectivity index (χ0v) is 11.7. The van der Waals surface area contributed by atoms with E-state index in [9.17, 15) is 4.79 Å². The molecule has 0 spiro atoms. The van der Waals surface area contributed by atoms with E-state index in [4.69, 9.17) is 0 Å². The van der Waals surface area contributed by atoms with Gasteiger partial charge in [-0.2, -0.15) is 5.10 Å². The normalized spacial score (nSPS) is 10.5. The maximum atomic E-state index is 11.4. The number of aryl methyl sites for hydroxylation is 1. The summed E-state index contributed by atoms with van der Waals surface area (Å²) in [7, 11) is 1.33. The van der Waals surface area contributed by atoms with Crippen molar-refractivity contribution in [1.82, 2.24) is 19.7 Å². The molecule has 0 unspecified atom stereocenters. The lowest BCUT2D eigenvalue weighted by Crippen LogP contribution is -2.05. The Morgan fingerprint density at radius 1 is 1.40 bits per heavy atom. The van der Waals surface area contributed by atoms with Crippen molar-refractivity contribution in [2.75, 3.05) is 7.11 Å². The summed E-state index contributed by atoms with van der Waals surface area (Å²) in [5.74, 6) is 0.0126. The first-order chi connectivity index (χ1) is 9.74. The third-order valence-electron chi connectivity index (χ3n) is 2.93. The topological polar surface area (TPSA) is 69.9 Å². The molecule has 2 aromatic heterocycles. The van der Waals surface area contributed by atoms with Gasteiger partial charge in [0.1, 0.15) is 0 Å². The van der Waals surface area contributed by atoms with Crippen LogP contribution in [0.1, 0.15) is 36.7 Å². The number of ether oxygens (including phenoxy) is 1. The standard InChI is InChI=1S/C14H18N4O2/c1-3-4-5-8-18-10-11(9-16-18)13-15-7-6-12(17-13)14(19)20-2/h6-7,9-10H,3-5,8H2,1-2H3. The third kappa shape index (κ3) is 3.40. The number of rotatable bonds is 6. The van der Waals surface area contributed by atoms with Gasteiger partial charge in [-0.05, 0) is 12.5 Å². The van der Waals surface area contributed by atoms with E-state index in [1.54, 1.807) is 12.4 Å². The van der Waals surface area contributed by atoms with Crippen molar-refractivity contribution in [2.45, 2.75) is 32.7 Å². The summed E-state index contributed by atoms with van der Waals surface area (Å²) in [6.07, 6.45) is 8.61. The van der Waals surface area contributed by atoms with Crippen molar-refractivity contribution in [3.8, 4) is 11.4 Å². The van der Waals surface area contributed by atoms with Gasteiger partial charge in [0.2, 0.25) is 0 Å². The lowest BCUT2D eigenvalue weighted by molar-refractivity contribution is 0.0594. The number of nitrogens with zero attached hydrogens (tertiary/aromatic N) is 4. The SMILES string of the molecule is CCCCCn1cc(-c2nccc(C(=O)OC)n2)cn1. The fourth-order valence-corrected chi connectivity index (χ4v) is 1.84. The molecule has 6 heteroatoms. The molecule has 20 heavy (non-hydrogen) atoms. The molecule has 0 fully saturated rings. The van der Waals surface area contributed by atoms with Crippen LogP contribution in [0.2, 0.25) is 0 Å². The van der Waals surface area contributed by atoms with E-state index in [1.165, 1.54) is 26.0 Å². The molecule has 0 bridgehead atoms. The summed E-state index contributed by atoms with van der Waals surface area (Å²) in [5.41, 5.74) is 1.04. The van der Waals surface area contributed by atoms with Gasteiger partial charge in [-0.15, -0.1) is 0 Å². The number of esters is 1. The van der Waals surface area contributed by atoms with E-state index >= 15 is 0 Å². The molecule has 2 heterocycles. The van der Waals surface area contributed by atoms with Crippen LogP contribution in [-0.2, 0) is 11.3 Å². The average molecular weight is 274 g/mol. The summed E-state index contributed by atoms with van der Waals surface area (Å²) in [4.78, 5) is 19.8.